The second kappa shape index (κ2) is 6.64. The molecular weight excluding hydrogens is 387 g/mol. The van der Waals surface area contributed by atoms with Gasteiger partial charge in [-0.3, -0.25) is 9.78 Å². The van der Waals surface area contributed by atoms with Crippen LogP contribution in [0.1, 0.15) is 16.1 Å². The monoisotopic (exact) mass is 398 g/mol. The van der Waals surface area contributed by atoms with Crippen molar-refractivity contribution in [1.82, 2.24) is 9.97 Å². The van der Waals surface area contributed by atoms with Gasteiger partial charge < -0.3 is 10.1 Å². The Hall–Kier alpha value is -2.96. The second-order valence-electron chi connectivity index (χ2n) is 5.93. The molecule has 0 unspecified atom stereocenters. The highest BCUT2D eigenvalue weighted by molar-refractivity contribution is 6.45. The summed E-state index contributed by atoms with van der Waals surface area (Å²) in [4.78, 5) is 19.7. The Morgan fingerprint density at radius 3 is 2.78 bits per heavy atom. The molecule has 4 rings (SSSR count). The first-order valence-corrected chi connectivity index (χ1v) is 8.72. The molecule has 0 aliphatic carbocycles. The minimum absolute atomic E-state index is 0.114. The summed E-state index contributed by atoms with van der Waals surface area (Å²) >= 11 is 12.1. The van der Waals surface area contributed by atoms with Crippen LogP contribution in [0.5, 0.6) is 5.88 Å². The number of aromatic hydroxyl groups is 1. The molecule has 6 nitrogen and oxygen atoms in total. The van der Waals surface area contributed by atoms with Crippen molar-refractivity contribution in [3.63, 3.8) is 0 Å². The standard InChI is InChI=1S/C19H12Cl2N4O2/c1-9-12(8-10-4-2-3-5-14(10)22-9)18(26)25-24-17-11-6-7-13(20)15(21)16(11)23-19(17)27/h2-8,23,27H,1H3. The molecule has 0 saturated carbocycles. The third kappa shape index (κ3) is 3.03. The molecule has 0 aliphatic rings. The van der Waals surface area contributed by atoms with Crippen LogP contribution < -0.4 is 0 Å². The van der Waals surface area contributed by atoms with E-state index in [4.69, 9.17) is 23.2 Å². The molecule has 0 radical (unpaired) electrons. The summed E-state index contributed by atoms with van der Waals surface area (Å²) in [7, 11) is 0. The summed E-state index contributed by atoms with van der Waals surface area (Å²) in [5.74, 6) is -0.807. The maximum absolute atomic E-state index is 12.5. The van der Waals surface area contributed by atoms with E-state index in [1.165, 1.54) is 0 Å². The Bertz CT molecular complexity index is 1250. The van der Waals surface area contributed by atoms with Gasteiger partial charge in [0.1, 0.15) is 0 Å². The number of H-pyrrole nitrogens is 1. The summed E-state index contributed by atoms with van der Waals surface area (Å²) < 4.78 is 0. The summed E-state index contributed by atoms with van der Waals surface area (Å²) in [5.41, 5.74) is 2.23. The lowest BCUT2D eigenvalue weighted by atomic mass is 10.1. The molecule has 2 aromatic heterocycles. The predicted octanol–water partition coefficient (Wildman–Crippen LogP) is 5.96. The van der Waals surface area contributed by atoms with Crippen molar-refractivity contribution in [2.24, 2.45) is 10.2 Å². The minimum Gasteiger partial charge on any atom is -0.493 e. The van der Waals surface area contributed by atoms with E-state index in [2.05, 4.69) is 20.2 Å². The van der Waals surface area contributed by atoms with Crippen LogP contribution in [-0.4, -0.2) is 21.0 Å². The van der Waals surface area contributed by atoms with Crippen molar-refractivity contribution in [1.29, 1.82) is 0 Å². The number of nitrogens with zero attached hydrogens (tertiary/aromatic N) is 3. The third-order valence-corrected chi connectivity index (χ3v) is 5.01. The molecule has 0 atom stereocenters. The van der Waals surface area contributed by atoms with Crippen LogP contribution in [0.4, 0.5) is 5.69 Å². The van der Waals surface area contributed by atoms with Crippen LogP contribution in [0.15, 0.2) is 52.7 Å². The molecule has 0 aliphatic heterocycles. The van der Waals surface area contributed by atoms with Crippen molar-refractivity contribution in [3.8, 4) is 5.88 Å². The van der Waals surface area contributed by atoms with Crippen molar-refractivity contribution >= 4 is 56.6 Å². The highest BCUT2D eigenvalue weighted by Gasteiger charge is 2.16. The molecule has 0 bridgehead atoms. The van der Waals surface area contributed by atoms with Crippen LogP contribution in [0.25, 0.3) is 21.8 Å². The highest BCUT2D eigenvalue weighted by Crippen LogP contribution is 2.40. The lowest BCUT2D eigenvalue weighted by Crippen LogP contribution is -2.00. The van der Waals surface area contributed by atoms with E-state index in [0.717, 1.165) is 10.9 Å². The van der Waals surface area contributed by atoms with E-state index in [0.29, 0.717) is 27.2 Å². The first-order valence-electron chi connectivity index (χ1n) is 7.97. The molecular formula is C19H12Cl2N4O2. The van der Waals surface area contributed by atoms with Crippen molar-refractivity contribution in [3.05, 3.63) is 63.8 Å². The number of halogens is 2. The Morgan fingerprint density at radius 1 is 1.19 bits per heavy atom. The lowest BCUT2D eigenvalue weighted by Gasteiger charge is -2.03. The fraction of sp³-hybridized carbons (Fsp3) is 0.0526. The fourth-order valence-corrected chi connectivity index (χ4v) is 3.22. The Labute approximate surface area is 163 Å². The van der Waals surface area contributed by atoms with Gasteiger partial charge in [-0.2, -0.15) is 0 Å². The number of amides is 1. The topological polar surface area (TPSA) is 90.7 Å². The number of aryl methyl sites for hydroxylation is 1. The van der Waals surface area contributed by atoms with E-state index in [1.54, 1.807) is 25.1 Å². The maximum Gasteiger partial charge on any atom is 0.297 e. The largest absolute Gasteiger partial charge is 0.493 e. The number of rotatable bonds is 2. The van der Waals surface area contributed by atoms with E-state index in [-0.39, 0.29) is 16.6 Å². The number of hydrogen-bond acceptors (Lipinski definition) is 4. The molecule has 2 N–H and O–H groups in total. The maximum atomic E-state index is 12.5. The number of benzene rings is 2. The van der Waals surface area contributed by atoms with Crippen LogP contribution >= 0.6 is 23.2 Å². The van der Waals surface area contributed by atoms with Crippen LogP contribution in [0, 0.1) is 6.92 Å². The summed E-state index contributed by atoms with van der Waals surface area (Å²) in [6.45, 7) is 1.74. The quantitative estimate of drug-likeness (QED) is 0.408. The first-order chi connectivity index (χ1) is 13.0. The van der Waals surface area contributed by atoms with E-state index in [1.807, 2.05) is 24.3 Å². The molecule has 0 spiro atoms. The number of carbonyl (C=O) groups excluding carboxylic acids is 1. The van der Waals surface area contributed by atoms with Gasteiger partial charge in [0.05, 0.1) is 32.3 Å². The number of fused-ring (bicyclic) bond motifs is 2. The summed E-state index contributed by atoms with van der Waals surface area (Å²) in [5, 5.41) is 19.7. The van der Waals surface area contributed by atoms with Gasteiger partial charge in [0, 0.05) is 10.8 Å². The van der Waals surface area contributed by atoms with Gasteiger partial charge in [0.2, 0.25) is 5.88 Å². The SMILES string of the molecule is Cc1nc2ccccc2cc1C(=O)N=Nc1c(O)[nH]c2c(Cl)c(Cl)ccc12. The van der Waals surface area contributed by atoms with Crippen LogP contribution in [0.3, 0.4) is 0 Å². The fourth-order valence-electron chi connectivity index (χ4n) is 2.85. The van der Waals surface area contributed by atoms with Crippen molar-refractivity contribution in [2.45, 2.75) is 6.92 Å². The molecule has 1 amide bonds. The van der Waals surface area contributed by atoms with Gasteiger partial charge in [-0.15, -0.1) is 10.2 Å². The van der Waals surface area contributed by atoms with Gasteiger partial charge >= 0.3 is 0 Å². The average Bonchev–Trinajstić information content (AvgIpc) is 2.98. The zero-order chi connectivity index (χ0) is 19.1. The summed E-state index contributed by atoms with van der Waals surface area (Å²) in [6.07, 6.45) is 0. The van der Waals surface area contributed by atoms with Gasteiger partial charge in [-0.1, -0.05) is 41.4 Å². The number of aromatic nitrogens is 2. The van der Waals surface area contributed by atoms with Crippen molar-refractivity contribution < 1.29 is 9.90 Å². The number of azo groups is 1. The molecule has 0 saturated heterocycles. The van der Waals surface area contributed by atoms with Gasteiger partial charge in [0.15, 0.2) is 5.69 Å². The molecule has 0 fully saturated rings. The average molecular weight is 399 g/mol. The number of pyridine rings is 1. The number of carbonyl (C=O) groups is 1. The Kier molecular flexibility index (Phi) is 4.30. The van der Waals surface area contributed by atoms with Gasteiger partial charge in [0.25, 0.3) is 5.91 Å². The second-order valence-corrected chi connectivity index (χ2v) is 6.71. The lowest BCUT2D eigenvalue weighted by molar-refractivity contribution is 0.0994. The number of aromatic amines is 1. The van der Waals surface area contributed by atoms with Crippen LogP contribution in [-0.2, 0) is 0 Å². The van der Waals surface area contributed by atoms with Gasteiger partial charge in [-0.05, 0) is 31.2 Å². The van der Waals surface area contributed by atoms with E-state index >= 15 is 0 Å². The zero-order valence-corrected chi connectivity index (χ0v) is 15.5. The zero-order valence-electron chi connectivity index (χ0n) is 14.0. The van der Waals surface area contributed by atoms with E-state index in [9.17, 15) is 9.90 Å². The number of para-hydroxylation sites is 1. The Morgan fingerprint density at radius 2 is 1.96 bits per heavy atom. The third-order valence-electron chi connectivity index (χ3n) is 4.20. The molecule has 27 heavy (non-hydrogen) atoms. The number of nitrogens with one attached hydrogen (secondary N) is 1. The molecule has 2 aromatic carbocycles. The first kappa shape index (κ1) is 17.5. The normalized spacial score (nSPS) is 11.7. The molecule has 134 valence electrons. The highest BCUT2D eigenvalue weighted by atomic mass is 35.5. The summed E-state index contributed by atoms with van der Waals surface area (Å²) in [6, 6.07) is 12.4. The van der Waals surface area contributed by atoms with Gasteiger partial charge in [-0.25, -0.2) is 0 Å². The predicted molar refractivity (Wildman–Crippen MR) is 105 cm³/mol. The van der Waals surface area contributed by atoms with E-state index < -0.39 is 5.91 Å². The molecule has 4 aromatic rings. The van der Waals surface area contributed by atoms with Crippen LogP contribution in [0.2, 0.25) is 10.0 Å². The van der Waals surface area contributed by atoms with Crippen molar-refractivity contribution in [2.75, 3.05) is 0 Å². The molecule has 8 heteroatoms. The molecule has 2 heterocycles. The smallest absolute Gasteiger partial charge is 0.297 e. The Balaban J connectivity index is 1.74. The minimum atomic E-state index is -0.556. The number of hydrogen-bond donors (Lipinski definition) is 2.